The van der Waals surface area contributed by atoms with Crippen molar-refractivity contribution in [1.29, 1.82) is 0 Å². The summed E-state index contributed by atoms with van der Waals surface area (Å²) in [4.78, 5) is 6.76. The van der Waals surface area contributed by atoms with Crippen molar-refractivity contribution < 1.29 is 4.74 Å². The van der Waals surface area contributed by atoms with E-state index in [1.165, 1.54) is 0 Å². The van der Waals surface area contributed by atoms with Crippen LogP contribution in [0.15, 0.2) is 12.3 Å². The van der Waals surface area contributed by atoms with Gasteiger partial charge in [0.1, 0.15) is 5.82 Å². The van der Waals surface area contributed by atoms with E-state index in [4.69, 9.17) is 10.5 Å². The Morgan fingerprint density at radius 3 is 2.71 bits per heavy atom. The number of pyridine rings is 1. The molecular formula is C13H23N3O. The third-order valence-electron chi connectivity index (χ3n) is 2.90. The van der Waals surface area contributed by atoms with Crippen molar-refractivity contribution in [1.82, 2.24) is 4.98 Å². The maximum Gasteiger partial charge on any atom is 0.131 e. The predicted octanol–water partition coefficient (Wildman–Crippen LogP) is 1.71. The minimum absolute atomic E-state index is 0.319. The molecule has 0 aromatic carbocycles. The molecule has 0 aliphatic rings. The number of methoxy groups -OCH3 is 1. The molecule has 4 nitrogen and oxygen atoms in total. The van der Waals surface area contributed by atoms with E-state index in [0.29, 0.717) is 19.2 Å². The van der Waals surface area contributed by atoms with Gasteiger partial charge in [0.25, 0.3) is 0 Å². The number of hydrogen-bond donors (Lipinski definition) is 1. The fraction of sp³-hybridized carbons (Fsp3) is 0.615. The average Bonchev–Trinajstić information content (AvgIpc) is 2.32. The largest absolute Gasteiger partial charge is 0.383 e. The summed E-state index contributed by atoms with van der Waals surface area (Å²) in [6.45, 7) is 8.50. The molecule has 96 valence electrons. The summed E-state index contributed by atoms with van der Waals surface area (Å²) in [7, 11) is 1.72. The molecular weight excluding hydrogens is 214 g/mol. The molecule has 1 atom stereocenters. The molecule has 0 radical (unpaired) electrons. The maximum atomic E-state index is 5.61. The van der Waals surface area contributed by atoms with E-state index in [1.807, 2.05) is 6.20 Å². The van der Waals surface area contributed by atoms with Gasteiger partial charge in [-0.05, 0) is 38.0 Å². The second-order valence-electron chi connectivity index (χ2n) is 4.28. The Kier molecular flexibility index (Phi) is 5.38. The number of hydrogen-bond acceptors (Lipinski definition) is 4. The maximum absolute atomic E-state index is 5.61. The quantitative estimate of drug-likeness (QED) is 0.818. The minimum Gasteiger partial charge on any atom is -0.383 e. The van der Waals surface area contributed by atoms with Gasteiger partial charge in [0.2, 0.25) is 0 Å². The molecule has 1 aromatic heterocycles. The van der Waals surface area contributed by atoms with Crippen LogP contribution in [0.3, 0.4) is 0 Å². The van der Waals surface area contributed by atoms with Gasteiger partial charge in [-0.3, -0.25) is 0 Å². The first kappa shape index (κ1) is 13.9. The smallest absolute Gasteiger partial charge is 0.131 e. The van der Waals surface area contributed by atoms with Crippen LogP contribution in [0.4, 0.5) is 5.82 Å². The number of nitrogens with two attached hydrogens (primary N) is 1. The summed E-state index contributed by atoms with van der Waals surface area (Å²) >= 11 is 0. The van der Waals surface area contributed by atoms with Gasteiger partial charge in [0.05, 0.1) is 12.6 Å². The molecule has 0 saturated carbocycles. The first-order valence-corrected chi connectivity index (χ1v) is 6.05. The van der Waals surface area contributed by atoms with E-state index in [1.54, 1.807) is 7.11 Å². The van der Waals surface area contributed by atoms with E-state index < -0.39 is 0 Å². The van der Waals surface area contributed by atoms with Crippen molar-refractivity contribution in [3.8, 4) is 0 Å². The van der Waals surface area contributed by atoms with Gasteiger partial charge >= 0.3 is 0 Å². The molecule has 0 spiro atoms. The second kappa shape index (κ2) is 6.57. The molecule has 4 heteroatoms. The molecule has 0 aliphatic carbocycles. The number of rotatable bonds is 6. The summed E-state index contributed by atoms with van der Waals surface area (Å²) < 4.78 is 5.20. The van der Waals surface area contributed by atoms with E-state index in [2.05, 4.69) is 36.7 Å². The number of likely N-dealkylation sites (N-methyl/N-ethyl adjacent to an activating group) is 1. The second-order valence-corrected chi connectivity index (χ2v) is 4.28. The summed E-state index contributed by atoms with van der Waals surface area (Å²) in [6.07, 6.45) is 1.85. The van der Waals surface area contributed by atoms with Crippen molar-refractivity contribution in [2.45, 2.75) is 33.4 Å². The first-order valence-electron chi connectivity index (χ1n) is 6.05. The minimum atomic E-state index is 0.319. The predicted molar refractivity (Wildman–Crippen MR) is 71.2 cm³/mol. The Morgan fingerprint density at radius 1 is 1.53 bits per heavy atom. The van der Waals surface area contributed by atoms with Crippen LogP contribution in [0.1, 0.15) is 25.0 Å². The van der Waals surface area contributed by atoms with Crippen molar-refractivity contribution >= 4 is 5.82 Å². The number of anilines is 1. The van der Waals surface area contributed by atoms with Crippen LogP contribution in [0.5, 0.6) is 0 Å². The van der Waals surface area contributed by atoms with Crippen LogP contribution in [0.25, 0.3) is 0 Å². The Bertz CT molecular complexity index is 355. The number of ether oxygens (including phenoxy) is 1. The highest BCUT2D eigenvalue weighted by Gasteiger charge is 2.15. The normalized spacial score (nSPS) is 12.5. The zero-order chi connectivity index (χ0) is 12.8. The lowest BCUT2D eigenvalue weighted by atomic mass is 10.1. The molecule has 0 amide bonds. The monoisotopic (exact) mass is 237 g/mol. The lowest BCUT2D eigenvalue weighted by Crippen LogP contribution is -2.37. The highest BCUT2D eigenvalue weighted by Crippen LogP contribution is 2.20. The number of aryl methyl sites for hydroxylation is 1. The Morgan fingerprint density at radius 2 is 2.24 bits per heavy atom. The van der Waals surface area contributed by atoms with Crippen LogP contribution in [0.2, 0.25) is 0 Å². The molecule has 1 rings (SSSR count). The molecule has 1 heterocycles. The molecule has 1 unspecified atom stereocenters. The number of nitrogens with zero attached hydrogens (tertiary/aromatic N) is 2. The molecule has 2 N–H and O–H groups in total. The highest BCUT2D eigenvalue weighted by molar-refractivity contribution is 5.48. The van der Waals surface area contributed by atoms with Crippen molar-refractivity contribution in [3.05, 3.63) is 23.4 Å². The molecule has 17 heavy (non-hydrogen) atoms. The van der Waals surface area contributed by atoms with Gasteiger partial charge in [0, 0.05) is 26.4 Å². The third-order valence-corrected chi connectivity index (χ3v) is 2.90. The van der Waals surface area contributed by atoms with Crippen LogP contribution in [0, 0.1) is 6.92 Å². The van der Waals surface area contributed by atoms with Crippen LogP contribution >= 0.6 is 0 Å². The molecule has 0 fully saturated rings. The van der Waals surface area contributed by atoms with Crippen molar-refractivity contribution in [2.75, 3.05) is 25.2 Å². The fourth-order valence-corrected chi connectivity index (χ4v) is 2.04. The van der Waals surface area contributed by atoms with E-state index in [0.717, 1.165) is 23.5 Å². The van der Waals surface area contributed by atoms with E-state index in [9.17, 15) is 0 Å². The van der Waals surface area contributed by atoms with E-state index >= 15 is 0 Å². The SMILES string of the molecule is CCN(c1ncc(CN)cc1C)C(C)COC. The van der Waals surface area contributed by atoms with Crippen LogP contribution in [-0.2, 0) is 11.3 Å². The van der Waals surface area contributed by atoms with Crippen molar-refractivity contribution in [2.24, 2.45) is 5.73 Å². The summed E-state index contributed by atoms with van der Waals surface area (Å²) in [5.74, 6) is 1.02. The lowest BCUT2D eigenvalue weighted by molar-refractivity contribution is 0.181. The van der Waals surface area contributed by atoms with Gasteiger partial charge in [-0.2, -0.15) is 0 Å². The summed E-state index contributed by atoms with van der Waals surface area (Å²) in [6, 6.07) is 2.42. The number of aromatic nitrogens is 1. The zero-order valence-electron chi connectivity index (χ0n) is 11.2. The first-order chi connectivity index (χ1) is 8.13. The van der Waals surface area contributed by atoms with Gasteiger partial charge < -0.3 is 15.4 Å². The van der Waals surface area contributed by atoms with E-state index in [-0.39, 0.29) is 0 Å². The molecule has 0 aliphatic heterocycles. The average molecular weight is 237 g/mol. The van der Waals surface area contributed by atoms with Gasteiger partial charge in [-0.1, -0.05) is 0 Å². The molecule has 0 bridgehead atoms. The van der Waals surface area contributed by atoms with Crippen LogP contribution < -0.4 is 10.6 Å². The zero-order valence-corrected chi connectivity index (χ0v) is 11.2. The summed E-state index contributed by atoms with van der Waals surface area (Å²) in [5, 5.41) is 0. The van der Waals surface area contributed by atoms with Gasteiger partial charge in [-0.15, -0.1) is 0 Å². The summed E-state index contributed by atoms with van der Waals surface area (Å²) in [5.41, 5.74) is 7.85. The highest BCUT2D eigenvalue weighted by atomic mass is 16.5. The fourth-order valence-electron chi connectivity index (χ4n) is 2.04. The molecule has 0 saturated heterocycles. The molecule has 1 aromatic rings. The van der Waals surface area contributed by atoms with Gasteiger partial charge in [-0.25, -0.2) is 4.98 Å². The van der Waals surface area contributed by atoms with Crippen molar-refractivity contribution in [3.63, 3.8) is 0 Å². The topological polar surface area (TPSA) is 51.4 Å². The van der Waals surface area contributed by atoms with Gasteiger partial charge in [0.15, 0.2) is 0 Å². The van der Waals surface area contributed by atoms with Crippen LogP contribution in [-0.4, -0.2) is 31.3 Å². The Labute approximate surface area is 104 Å². The standard InChI is InChI=1S/C13H23N3O/c1-5-16(11(3)9-17-4)13-10(2)6-12(7-14)8-15-13/h6,8,11H,5,7,9,14H2,1-4H3. The Hall–Kier alpha value is -1.13. The third kappa shape index (κ3) is 3.41. The lowest BCUT2D eigenvalue weighted by Gasteiger charge is -2.30. The Balaban J connectivity index is 2.95.